The number of aromatic amines is 1. The molecule has 0 aliphatic rings. The number of para-hydroxylation sites is 1. The molecular weight excluding hydrogens is 243 g/mol. The minimum Gasteiger partial charge on any atom is -0.306 e. The van der Waals surface area contributed by atoms with E-state index in [1.807, 2.05) is 25.1 Å². The Hall–Kier alpha value is -2.36. The summed E-state index contributed by atoms with van der Waals surface area (Å²) in [6.07, 6.45) is 0. The number of nitrogens with one attached hydrogen (secondary N) is 1. The number of imidazole rings is 1. The zero-order chi connectivity index (χ0) is 13.4. The molecule has 0 amide bonds. The first kappa shape index (κ1) is 11.7. The van der Waals surface area contributed by atoms with Crippen molar-refractivity contribution >= 4 is 11.0 Å². The number of aryl methyl sites for hydroxylation is 1. The first-order chi connectivity index (χ1) is 9.15. The minimum absolute atomic E-state index is 0.145. The third-order valence-corrected chi connectivity index (χ3v) is 3.25. The van der Waals surface area contributed by atoms with Gasteiger partial charge in [-0.2, -0.15) is 0 Å². The van der Waals surface area contributed by atoms with Gasteiger partial charge in [0, 0.05) is 0 Å². The lowest BCUT2D eigenvalue weighted by molar-refractivity contribution is 0.626. The number of nitrogens with zero attached hydrogens (tertiary/aromatic N) is 1. The zero-order valence-electron chi connectivity index (χ0n) is 10.5. The fourth-order valence-electron chi connectivity index (χ4n) is 2.33. The molecule has 2 aromatic carbocycles. The molecule has 0 saturated carbocycles. The summed E-state index contributed by atoms with van der Waals surface area (Å²) in [5.74, 6) is -0.272. The van der Waals surface area contributed by atoms with Crippen LogP contribution in [0.5, 0.6) is 0 Å². The number of hydrogen-bond donors (Lipinski definition) is 1. The highest BCUT2D eigenvalue weighted by Crippen LogP contribution is 2.16. The van der Waals surface area contributed by atoms with Gasteiger partial charge in [0.2, 0.25) is 0 Å². The molecule has 0 atom stereocenters. The maximum atomic E-state index is 12.9. The number of fused-ring (bicyclic) bond motifs is 1. The third kappa shape index (κ3) is 2.05. The van der Waals surface area contributed by atoms with Crippen molar-refractivity contribution in [2.45, 2.75) is 13.5 Å². The number of H-pyrrole nitrogens is 1. The summed E-state index contributed by atoms with van der Waals surface area (Å²) in [7, 11) is 0. The molecule has 0 saturated heterocycles. The number of halogens is 1. The van der Waals surface area contributed by atoms with Crippen molar-refractivity contribution in [2.75, 3.05) is 0 Å². The highest BCUT2D eigenvalue weighted by Gasteiger charge is 2.09. The van der Waals surface area contributed by atoms with Crippen molar-refractivity contribution in [3.63, 3.8) is 0 Å². The summed E-state index contributed by atoms with van der Waals surface area (Å²) < 4.78 is 14.6. The molecule has 1 heterocycles. The van der Waals surface area contributed by atoms with Crippen LogP contribution in [0.3, 0.4) is 0 Å². The van der Waals surface area contributed by atoms with E-state index in [1.165, 1.54) is 12.1 Å². The van der Waals surface area contributed by atoms with Gasteiger partial charge in [-0.3, -0.25) is 4.57 Å². The van der Waals surface area contributed by atoms with Crippen molar-refractivity contribution in [3.8, 4) is 0 Å². The summed E-state index contributed by atoms with van der Waals surface area (Å²) in [6, 6.07) is 12.0. The van der Waals surface area contributed by atoms with Gasteiger partial charge >= 0.3 is 5.69 Å². The molecule has 0 aliphatic heterocycles. The monoisotopic (exact) mass is 256 g/mol. The Morgan fingerprint density at radius 3 is 2.63 bits per heavy atom. The van der Waals surface area contributed by atoms with Crippen molar-refractivity contribution < 1.29 is 4.39 Å². The Morgan fingerprint density at radius 1 is 1.16 bits per heavy atom. The molecule has 96 valence electrons. The van der Waals surface area contributed by atoms with E-state index >= 15 is 0 Å². The van der Waals surface area contributed by atoms with Gasteiger partial charge < -0.3 is 4.98 Å². The topological polar surface area (TPSA) is 37.8 Å². The maximum Gasteiger partial charge on any atom is 0.326 e. The second kappa shape index (κ2) is 4.39. The Labute approximate surface area is 109 Å². The van der Waals surface area contributed by atoms with E-state index in [4.69, 9.17) is 0 Å². The van der Waals surface area contributed by atoms with Crippen LogP contribution in [0.15, 0.2) is 47.3 Å². The van der Waals surface area contributed by atoms with Gasteiger partial charge in [-0.05, 0) is 36.2 Å². The molecule has 0 bridgehead atoms. The highest BCUT2D eigenvalue weighted by atomic mass is 19.1. The van der Waals surface area contributed by atoms with E-state index in [0.29, 0.717) is 6.54 Å². The average Bonchev–Trinajstić information content (AvgIpc) is 2.70. The molecule has 3 aromatic rings. The summed E-state index contributed by atoms with van der Waals surface area (Å²) >= 11 is 0. The van der Waals surface area contributed by atoms with Gasteiger partial charge in [-0.1, -0.05) is 24.3 Å². The Morgan fingerprint density at radius 2 is 1.89 bits per heavy atom. The lowest BCUT2D eigenvalue weighted by atomic mass is 10.2. The molecule has 1 aromatic heterocycles. The molecular formula is C15H13FN2O. The smallest absolute Gasteiger partial charge is 0.306 e. The standard InChI is InChI=1S/C15H13FN2O/c1-10-3-2-4-13-14(10)18(15(19)17-13)9-11-5-7-12(16)8-6-11/h2-8H,9H2,1H3,(H,17,19). The van der Waals surface area contributed by atoms with Gasteiger partial charge in [-0.25, -0.2) is 9.18 Å². The first-order valence-corrected chi connectivity index (χ1v) is 6.08. The average molecular weight is 256 g/mol. The van der Waals surface area contributed by atoms with Crippen LogP contribution in [-0.2, 0) is 6.54 Å². The van der Waals surface area contributed by atoms with Gasteiger partial charge in [0.15, 0.2) is 0 Å². The summed E-state index contributed by atoms with van der Waals surface area (Å²) in [4.78, 5) is 14.8. The molecule has 3 rings (SSSR count). The lowest BCUT2D eigenvalue weighted by Gasteiger charge is -2.05. The normalized spacial score (nSPS) is 11.1. The number of benzene rings is 2. The second-order valence-corrected chi connectivity index (χ2v) is 4.61. The van der Waals surface area contributed by atoms with Gasteiger partial charge in [0.1, 0.15) is 5.82 Å². The minimum atomic E-state index is -0.272. The Bertz CT molecular complexity index is 784. The quantitative estimate of drug-likeness (QED) is 0.752. The molecule has 1 N–H and O–H groups in total. The van der Waals surface area contributed by atoms with E-state index in [9.17, 15) is 9.18 Å². The molecule has 4 heteroatoms. The Balaban J connectivity index is 2.12. The maximum absolute atomic E-state index is 12.9. The first-order valence-electron chi connectivity index (χ1n) is 6.08. The largest absolute Gasteiger partial charge is 0.326 e. The fourth-order valence-corrected chi connectivity index (χ4v) is 2.33. The summed E-state index contributed by atoms with van der Waals surface area (Å²) in [5.41, 5.74) is 3.52. The highest BCUT2D eigenvalue weighted by molar-refractivity contribution is 5.78. The van der Waals surface area contributed by atoms with Crippen molar-refractivity contribution in [1.29, 1.82) is 0 Å². The van der Waals surface area contributed by atoms with E-state index < -0.39 is 0 Å². The van der Waals surface area contributed by atoms with E-state index in [0.717, 1.165) is 22.2 Å². The van der Waals surface area contributed by atoms with Gasteiger partial charge in [0.05, 0.1) is 17.6 Å². The van der Waals surface area contributed by atoms with Crippen LogP contribution in [0, 0.1) is 12.7 Å². The van der Waals surface area contributed by atoms with Crippen LogP contribution >= 0.6 is 0 Å². The molecule has 19 heavy (non-hydrogen) atoms. The van der Waals surface area contributed by atoms with Crippen LogP contribution in [0.1, 0.15) is 11.1 Å². The van der Waals surface area contributed by atoms with E-state index in [-0.39, 0.29) is 11.5 Å². The predicted molar refractivity (Wildman–Crippen MR) is 72.8 cm³/mol. The summed E-state index contributed by atoms with van der Waals surface area (Å²) in [6.45, 7) is 2.40. The number of rotatable bonds is 2. The van der Waals surface area contributed by atoms with Crippen LogP contribution in [0.2, 0.25) is 0 Å². The lowest BCUT2D eigenvalue weighted by Crippen LogP contribution is -2.17. The number of aromatic nitrogens is 2. The van der Waals surface area contributed by atoms with Crippen molar-refractivity contribution in [1.82, 2.24) is 9.55 Å². The molecule has 3 nitrogen and oxygen atoms in total. The van der Waals surface area contributed by atoms with Crippen LogP contribution in [0.4, 0.5) is 4.39 Å². The van der Waals surface area contributed by atoms with Crippen LogP contribution in [0.25, 0.3) is 11.0 Å². The SMILES string of the molecule is Cc1cccc2[nH]c(=O)n(Cc3ccc(F)cc3)c12. The van der Waals surface area contributed by atoms with Crippen molar-refractivity contribution in [3.05, 3.63) is 69.9 Å². The molecule has 0 fully saturated rings. The predicted octanol–water partition coefficient (Wildman–Crippen LogP) is 2.83. The van der Waals surface area contributed by atoms with E-state index in [1.54, 1.807) is 16.7 Å². The summed E-state index contributed by atoms with van der Waals surface area (Å²) in [5, 5.41) is 0. The van der Waals surface area contributed by atoms with Crippen molar-refractivity contribution in [2.24, 2.45) is 0 Å². The van der Waals surface area contributed by atoms with Gasteiger partial charge in [0.25, 0.3) is 0 Å². The third-order valence-electron chi connectivity index (χ3n) is 3.25. The fraction of sp³-hybridized carbons (Fsp3) is 0.133. The van der Waals surface area contributed by atoms with E-state index in [2.05, 4.69) is 4.98 Å². The zero-order valence-corrected chi connectivity index (χ0v) is 10.5. The number of hydrogen-bond acceptors (Lipinski definition) is 1. The second-order valence-electron chi connectivity index (χ2n) is 4.61. The molecule has 0 radical (unpaired) electrons. The molecule has 0 spiro atoms. The molecule has 0 unspecified atom stereocenters. The van der Waals surface area contributed by atoms with Crippen LogP contribution < -0.4 is 5.69 Å². The van der Waals surface area contributed by atoms with Gasteiger partial charge in [-0.15, -0.1) is 0 Å². The Kier molecular flexibility index (Phi) is 2.71. The molecule has 0 aliphatic carbocycles. The van der Waals surface area contributed by atoms with Crippen LogP contribution in [-0.4, -0.2) is 9.55 Å².